The maximum Gasteiger partial charge on any atom is 0.00952 e. The first kappa shape index (κ1) is 13.4. The van der Waals surface area contributed by atoms with Gasteiger partial charge in [-0.05, 0) is 48.9 Å². The van der Waals surface area contributed by atoms with Crippen molar-refractivity contribution in [3.63, 3.8) is 0 Å². The van der Waals surface area contributed by atoms with Crippen molar-refractivity contribution in [2.24, 2.45) is 16.7 Å². The van der Waals surface area contributed by atoms with E-state index in [1.54, 1.807) is 0 Å². The highest BCUT2D eigenvalue weighted by Crippen LogP contribution is 2.46. The summed E-state index contributed by atoms with van der Waals surface area (Å²) in [7, 11) is 0. The van der Waals surface area contributed by atoms with Gasteiger partial charge in [0.2, 0.25) is 0 Å². The average molecular weight is 237 g/mol. The van der Waals surface area contributed by atoms with E-state index in [2.05, 4.69) is 39.9 Å². The van der Waals surface area contributed by atoms with Gasteiger partial charge in [-0.1, -0.05) is 41.0 Å². The summed E-state index contributed by atoms with van der Waals surface area (Å²) < 4.78 is 0. The molecule has 1 nitrogen and oxygen atoms in total. The van der Waals surface area contributed by atoms with Crippen LogP contribution in [0.3, 0.4) is 0 Å². The Bertz CT molecular complexity index is 251. The van der Waals surface area contributed by atoms with Gasteiger partial charge in [0, 0.05) is 12.1 Å². The predicted octanol–water partition coefficient (Wildman–Crippen LogP) is 4.37. The minimum absolute atomic E-state index is 0.515. The maximum atomic E-state index is 3.98. The highest BCUT2D eigenvalue weighted by Gasteiger charge is 2.39. The molecule has 0 bridgehead atoms. The van der Waals surface area contributed by atoms with Gasteiger partial charge in [-0.25, -0.2) is 0 Å². The Kier molecular flexibility index (Phi) is 3.60. The standard InChI is InChI=1S/C16H31N/c1-12-7-6-8-14(12)17-13-9-15(2,3)11-16(4,5)10-13/h12-14,17H,6-11H2,1-5H3. The summed E-state index contributed by atoms with van der Waals surface area (Å²) >= 11 is 0. The van der Waals surface area contributed by atoms with Gasteiger partial charge in [0.05, 0.1) is 0 Å². The summed E-state index contributed by atoms with van der Waals surface area (Å²) in [5.74, 6) is 0.892. The van der Waals surface area contributed by atoms with Gasteiger partial charge in [0.25, 0.3) is 0 Å². The van der Waals surface area contributed by atoms with E-state index in [4.69, 9.17) is 0 Å². The fourth-order valence-electron chi connectivity index (χ4n) is 4.66. The molecule has 17 heavy (non-hydrogen) atoms. The fraction of sp³-hybridized carbons (Fsp3) is 1.00. The Morgan fingerprint density at radius 1 is 0.941 bits per heavy atom. The van der Waals surface area contributed by atoms with Crippen LogP contribution in [0.2, 0.25) is 0 Å². The Balaban J connectivity index is 1.96. The lowest BCUT2D eigenvalue weighted by Crippen LogP contribution is -2.48. The van der Waals surface area contributed by atoms with Crippen LogP contribution in [0.1, 0.15) is 73.1 Å². The van der Waals surface area contributed by atoms with Crippen LogP contribution in [0.4, 0.5) is 0 Å². The Morgan fingerprint density at radius 3 is 2.00 bits per heavy atom. The fourth-order valence-corrected chi connectivity index (χ4v) is 4.66. The summed E-state index contributed by atoms with van der Waals surface area (Å²) in [5, 5.41) is 3.98. The lowest BCUT2D eigenvalue weighted by Gasteiger charge is -2.46. The second-order valence-corrected chi connectivity index (χ2v) is 8.29. The zero-order valence-electron chi connectivity index (χ0n) is 12.5. The SMILES string of the molecule is CC1CCCC1NC1CC(C)(C)CC(C)(C)C1. The zero-order valence-corrected chi connectivity index (χ0v) is 12.5. The third-order valence-corrected chi connectivity index (χ3v) is 4.87. The average Bonchev–Trinajstić information content (AvgIpc) is 2.45. The van der Waals surface area contributed by atoms with E-state index < -0.39 is 0 Å². The summed E-state index contributed by atoms with van der Waals surface area (Å²) in [5.41, 5.74) is 1.03. The maximum absolute atomic E-state index is 3.98. The van der Waals surface area contributed by atoms with Crippen molar-refractivity contribution in [1.82, 2.24) is 5.32 Å². The quantitative estimate of drug-likeness (QED) is 0.752. The van der Waals surface area contributed by atoms with E-state index in [0.29, 0.717) is 10.8 Å². The second kappa shape index (κ2) is 4.57. The van der Waals surface area contributed by atoms with Gasteiger partial charge in [-0.2, -0.15) is 0 Å². The molecule has 2 aliphatic rings. The molecule has 0 saturated heterocycles. The molecule has 2 aliphatic carbocycles. The first-order chi connectivity index (χ1) is 7.77. The molecule has 0 aliphatic heterocycles. The van der Waals surface area contributed by atoms with Crippen LogP contribution in [0, 0.1) is 16.7 Å². The van der Waals surface area contributed by atoms with Crippen LogP contribution >= 0.6 is 0 Å². The molecule has 2 atom stereocenters. The molecule has 2 saturated carbocycles. The molecule has 1 heteroatoms. The normalized spacial score (nSPS) is 37.2. The summed E-state index contributed by atoms with van der Waals surface area (Å²) in [6.45, 7) is 12.2. The van der Waals surface area contributed by atoms with Gasteiger partial charge in [-0.15, -0.1) is 0 Å². The van der Waals surface area contributed by atoms with E-state index in [-0.39, 0.29) is 0 Å². The van der Waals surface area contributed by atoms with Crippen LogP contribution < -0.4 is 5.32 Å². The number of nitrogens with one attached hydrogen (secondary N) is 1. The Hall–Kier alpha value is -0.0400. The minimum Gasteiger partial charge on any atom is -0.311 e. The van der Waals surface area contributed by atoms with Crippen LogP contribution in [-0.4, -0.2) is 12.1 Å². The first-order valence-electron chi connectivity index (χ1n) is 7.54. The van der Waals surface area contributed by atoms with Crippen LogP contribution in [-0.2, 0) is 0 Å². The Morgan fingerprint density at radius 2 is 1.53 bits per heavy atom. The third-order valence-electron chi connectivity index (χ3n) is 4.87. The molecule has 0 aromatic rings. The van der Waals surface area contributed by atoms with Crippen molar-refractivity contribution in [1.29, 1.82) is 0 Å². The molecule has 0 heterocycles. The van der Waals surface area contributed by atoms with Crippen molar-refractivity contribution in [2.45, 2.75) is 85.2 Å². The first-order valence-corrected chi connectivity index (χ1v) is 7.54. The monoisotopic (exact) mass is 237 g/mol. The highest BCUT2D eigenvalue weighted by atomic mass is 15.0. The molecule has 0 radical (unpaired) electrons. The molecule has 0 amide bonds. The van der Waals surface area contributed by atoms with Crippen molar-refractivity contribution >= 4 is 0 Å². The number of hydrogen-bond donors (Lipinski definition) is 1. The van der Waals surface area contributed by atoms with Gasteiger partial charge in [-0.3, -0.25) is 0 Å². The second-order valence-electron chi connectivity index (χ2n) is 8.29. The van der Waals surface area contributed by atoms with Crippen molar-refractivity contribution in [3.8, 4) is 0 Å². The van der Waals surface area contributed by atoms with Crippen molar-refractivity contribution < 1.29 is 0 Å². The molecule has 2 unspecified atom stereocenters. The van der Waals surface area contributed by atoms with E-state index in [1.807, 2.05) is 0 Å². The van der Waals surface area contributed by atoms with Gasteiger partial charge >= 0.3 is 0 Å². The van der Waals surface area contributed by atoms with Gasteiger partial charge in [0.15, 0.2) is 0 Å². The zero-order chi connectivity index (χ0) is 12.7. The van der Waals surface area contributed by atoms with E-state index >= 15 is 0 Å². The predicted molar refractivity (Wildman–Crippen MR) is 75.1 cm³/mol. The number of rotatable bonds is 2. The van der Waals surface area contributed by atoms with Gasteiger partial charge in [0.1, 0.15) is 0 Å². The topological polar surface area (TPSA) is 12.0 Å². The van der Waals surface area contributed by atoms with E-state index in [9.17, 15) is 0 Å². The molecular weight excluding hydrogens is 206 g/mol. The largest absolute Gasteiger partial charge is 0.311 e. The Labute approximate surface area is 108 Å². The van der Waals surface area contributed by atoms with Crippen LogP contribution in [0.15, 0.2) is 0 Å². The highest BCUT2D eigenvalue weighted by molar-refractivity contribution is 4.94. The molecule has 2 rings (SSSR count). The summed E-state index contributed by atoms with van der Waals surface area (Å²) in [4.78, 5) is 0. The third kappa shape index (κ3) is 3.47. The molecular formula is C16H31N. The molecule has 1 N–H and O–H groups in total. The number of hydrogen-bond acceptors (Lipinski definition) is 1. The van der Waals surface area contributed by atoms with E-state index in [1.165, 1.54) is 38.5 Å². The lowest BCUT2D eigenvalue weighted by molar-refractivity contribution is 0.0782. The summed E-state index contributed by atoms with van der Waals surface area (Å²) in [6.07, 6.45) is 8.35. The minimum atomic E-state index is 0.515. The molecule has 100 valence electrons. The van der Waals surface area contributed by atoms with Crippen molar-refractivity contribution in [2.75, 3.05) is 0 Å². The molecule has 0 spiro atoms. The smallest absolute Gasteiger partial charge is 0.00952 e. The van der Waals surface area contributed by atoms with Crippen LogP contribution in [0.5, 0.6) is 0 Å². The molecule has 0 aromatic carbocycles. The summed E-state index contributed by atoms with van der Waals surface area (Å²) in [6, 6.07) is 1.55. The van der Waals surface area contributed by atoms with Crippen LogP contribution in [0.25, 0.3) is 0 Å². The van der Waals surface area contributed by atoms with Gasteiger partial charge < -0.3 is 5.32 Å². The lowest BCUT2D eigenvalue weighted by atomic mass is 9.63. The molecule has 2 fully saturated rings. The molecule has 0 aromatic heterocycles. The van der Waals surface area contributed by atoms with Crippen molar-refractivity contribution in [3.05, 3.63) is 0 Å². The van der Waals surface area contributed by atoms with E-state index in [0.717, 1.165) is 18.0 Å².